The number of carboxylic acid groups (broad SMARTS) is 1. The quantitative estimate of drug-likeness (QED) is 0.820. The molecule has 0 radical (unpaired) electrons. The van der Waals surface area contributed by atoms with Crippen molar-refractivity contribution in [3.05, 3.63) is 16.1 Å². The number of hydrogen-bond donors (Lipinski definition) is 2. The SMILES string of the molecule is CN(C(=O)c1csc(CN)n1)C(C)(C)C(=O)O. The summed E-state index contributed by atoms with van der Waals surface area (Å²) in [6.45, 7) is 3.19. The van der Waals surface area contributed by atoms with Crippen molar-refractivity contribution in [2.75, 3.05) is 7.05 Å². The Balaban J connectivity index is 2.94. The van der Waals surface area contributed by atoms with Crippen LogP contribution in [0.4, 0.5) is 0 Å². The summed E-state index contributed by atoms with van der Waals surface area (Å²) in [5, 5.41) is 11.3. The Bertz CT molecular complexity index is 442. The highest BCUT2D eigenvalue weighted by atomic mass is 32.1. The van der Waals surface area contributed by atoms with E-state index in [1.54, 1.807) is 5.38 Å². The second-order valence-corrected chi connectivity index (χ2v) is 5.00. The topological polar surface area (TPSA) is 96.5 Å². The normalized spacial score (nSPS) is 11.3. The number of amides is 1. The molecule has 0 atom stereocenters. The van der Waals surface area contributed by atoms with E-state index >= 15 is 0 Å². The van der Waals surface area contributed by atoms with Gasteiger partial charge in [-0.2, -0.15) is 0 Å². The van der Waals surface area contributed by atoms with E-state index in [4.69, 9.17) is 10.8 Å². The number of carboxylic acids is 1. The van der Waals surface area contributed by atoms with Gasteiger partial charge in [0.25, 0.3) is 5.91 Å². The van der Waals surface area contributed by atoms with Crippen molar-refractivity contribution in [2.24, 2.45) is 5.73 Å². The van der Waals surface area contributed by atoms with Crippen LogP contribution in [0.5, 0.6) is 0 Å². The van der Waals surface area contributed by atoms with Crippen LogP contribution in [-0.2, 0) is 11.3 Å². The molecule has 3 N–H and O–H groups in total. The first-order valence-corrected chi connectivity index (χ1v) is 5.84. The van der Waals surface area contributed by atoms with Gasteiger partial charge >= 0.3 is 5.97 Å². The summed E-state index contributed by atoms with van der Waals surface area (Å²) in [5.41, 5.74) is 4.36. The predicted octanol–water partition coefficient (Wildman–Crippen LogP) is 0.537. The molecule has 0 unspecified atom stereocenters. The van der Waals surface area contributed by atoms with Crippen molar-refractivity contribution in [2.45, 2.75) is 25.9 Å². The number of rotatable bonds is 4. The molecule has 94 valence electrons. The van der Waals surface area contributed by atoms with Crippen LogP contribution < -0.4 is 5.73 Å². The Hall–Kier alpha value is -1.47. The number of likely N-dealkylation sites (N-methyl/N-ethyl adjacent to an activating group) is 1. The Morgan fingerprint density at radius 2 is 2.18 bits per heavy atom. The van der Waals surface area contributed by atoms with Gasteiger partial charge in [-0.15, -0.1) is 11.3 Å². The zero-order chi connectivity index (χ0) is 13.2. The Kier molecular flexibility index (Phi) is 3.84. The fourth-order valence-electron chi connectivity index (χ4n) is 1.07. The van der Waals surface area contributed by atoms with Gasteiger partial charge in [-0.25, -0.2) is 9.78 Å². The lowest BCUT2D eigenvalue weighted by Gasteiger charge is -2.30. The molecule has 0 bridgehead atoms. The van der Waals surface area contributed by atoms with Crippen LogP contribution in [0.15, 0.2) is 5.38 Å². The van der Waals surface area contributed by atoms with Crippen molar-refractivity contribution >= 4 is 23.2 Å². The predicted molar refractivity (Wildman–Crippen MR) is 63.8 cm³/mol. The van der Waals surface area contributed by atoms with E-state index in [1.165, 1.54) is 32.2 Å². The molecule has 6 nitrogen and oxygen atoms in total. The van der Waals surface area contributed by atoms with Gasteiger partial charge in [0.2, 0.25) is 0 Å². The number of aromatic nitrogens is 1. The lowest BCUT2D eigenvalue weighted by atomic mass is 10.0. The van der Waals surface area contributed by atoms with Gasteiger partial charge in [-0.05, 0) is 13.8 Å². The molecule has 0 fully saturated rings. The lowest BCUT2D eigenvalue weighted by Crippen LogP contribution is -2.50. The van der Waals surface area contributed by atoms with Crippen molar-refractivity contribution in [1.29, 1.82) is 0 Å². The van der Waals surface area contributed by atoms with Crippen molar-refractivity contribution in [3.63, 3.8) is 0 Å². The fourth-order valence-corrected chi connectivity index (χ4v) is 1.72. The molecular formula is C10H15N3O3S. The summed E-state index contributed by atoms with van der Waals surface area (Å²) in [6.07, 6.45) is 0. The molecule has 0 saturated heterocycles. The molecule has 1 rings (SSSR count). The number of carbonyl (C=O) groups excluding carboxylic acids is 1. The number of hydrogen-bond acceptors (Lipinski definition) is 5. The molecule has 0 aromatic carbocycles. The van der Waals surface area contributed by atoms with Gasteiger partial charge in [-0.1, -0.05) is 0 Å². The Labute approximate surface area is 103 Å². The second-order valence-electron chi connectivity index (χ2n) is 4.06. The summed E-state index contributed by atoms with van der Waals surface area (Å²) in [6, 6.07) is 0. The molecule has 17 heavy (non-hydrogen) atoms. The molecule has 0 spiro atoms. The van der Waals surface area contributed by atoms with Crippen LogP contribution in [0, 0.1) is 0 Å². The number of nitrogens with two attached hydrogens (primary N) is 1. The minimum Gasteiger partial charge on any atom is -0.480 e. The van der Waals surface area contributed by atoms with Crippen LogP contribution in [-0.4, -0.2) is 39.5 Å². The third-order valence-electron chi connectivity index (χ3n) is 2.61. The average Bonchev–Trinajstić information content (AvgIpc) is 2.75. The second kappa shape index (κ2) is 4.80. The third-order valence-corrected chi connectivity index (χ3v) is 3.48. The van der Waals surface area contributed by atoms with Crippen LogP contribution in [0.3, 0.4) is 0 Å². The zero-order valence-corrected chi connectivity index (χ0v) is 10.7. The molecule has 1 aromatic rings. The maximum absolute atomic E-state index is 12.0. The molecule has 0 aliphatic heterocycles. The summed E-state index contributed by atoms with van der Waals surface area (Å²) in [7, 11) is 1.44. The largest absolute Gasteiger partial charge is 0.480 e. The number of nitrogens with zero attached hydrogens (tertiary/aromatic N) is 2. The average molecular weight is 257 g/mol. The molecule has 0 aliphatic rings. The molecule has 1 aromatic heterocycles. The Morgan fingerprint density at radius 3 is 2.59 bits per heavy atom. The van der Waals surface area contributed by atoms with E-state index in [9.17, 15) is 9.59 Å². The van der Waals surface area contributed by atoms with E-state index < -0.39 is 17.4 Å². The smallest absolute Gasteiger partial charge is 0.329 e. The maximum Gasteiger partial charge on any atom is 0.329 e. The van der Waals surface area contributed by atoms with Crippen LogP contribution in [0.1, 0.15) is 29.3 Å². The van der Waals surface area contributed by atoms with E-state index in [1.807, 2.05) is 0 Å². The number of thiazole rings is 1. The minimum atomic E-state index is -1.27. The number of carbonyl (C=O) groups is 2. The molecule has 0 aliphatic carbocycles. The van der Waals surface area contributed by atoms with E-state index in [0.29, 0.717) is 5.01 Å². The first-order valence-electron chi connectivity index (χ1n) is 4.96. The fraction of sp³-hybridized carbons (Fsp3) is 0.500. The van der Waals surface area contributed by atoms with Crippen LogP contribution in [0.2, 0.25) is 0 Å². The van der Waals surface area contributed by atoms with Gasteiger partial charge < -0.3 is 15.7 Å². The third kappa shape index (κ3) is 2.62. The van der Waals surface area contributed by atoms with E-state index in [-0.39, 0.29) is 12.2 Å². The van der Waals surface area contributed by atoms with Gasteiger partial charge in [-0.3, -0.25) is 4.79 Å². The maximum atomic E-state index is 12.0. The number of aliphatic carboxylic acids is 1. The van der Waals surface area contributed by atoms with Gasteiger partial charge in [0.1, 0.15) is 16.2 Å². The highest BCUT2D eigenvalue weighted by Crippen LogP contribution is 2.17. The molecule has 7 heteroatoms. The Morgan fingerprint density at radius 1 is 1.59 bits per heavy atom. The molecule has 0 saturated carbocycles. The van der Waals surface area contributed by atoms with Crippen molar-refractivity contribution in [3.8, 4) is 0 Å². The zero-order valence-electron chi connectivity index (χ0n) is 9.93. The van der Waals surface area contributed by atoms with Gasteiger partial charge in [0.05, 0.1) is 0 Å². The van der Waals surface area contributed by atoms with Crippen LogP contribution in [0.25, 0.3) is 0 Å². The molecule has 1 amide bonds. The van der Waals surface area contributed by atoms with E-state index in [2.05, 4.69) is 4.98 Å². The van der Waals surface area contributed by atoms with Crippen molar-refractivity contribution in [1.82, 2.24) is 9.88 Å². The standard InChI is InChI=1S/C10H15N3O3S/c1-10(2,9(15)16)13(3)8(14)6-5-17-7(4-11)12-6/h5H,4,11H2,1-3H3,(H,15,16). The summed E-state index contributed by atoms with van der Waals surface area (Å²) in [5.74, 6) is -1.49. The van der Waals surface area contributed by atoms with Crippen LogP contribution >= 0.6 is 11.3 Å². The summed E-state index contributed by atoms with van der Waals surface area (Å²) >= 11 is 1.28. The first kappa shape index (κ1) is 13.6. The summed E-state index contributed by atoms with van der Waals surface area (Å²) in [4.78, 5) is 28.2. The molecule has 1 heterocycles. The summed E-state index contributed by atoms with van der Waals surface area (Å²) < 4.78 is 0. The first-order chi connectivity index (χ1) is 7.80. The highest BCUT2D eigenvalue weighted by molar-refractivity contribution is 7.09. The molecular weight excluding hydrogens is 242 g/mol. The van der Waals surface area contributed by atoms with Gasteiger partial charge in [0, 0.05) is 19.0 Å². The van der Waals surface area contributed by atoms with Gasteiger partial charge in [0.15, 0.2) is 0 Å². The monoisotopic (exact) mass is 257 g/mol. The minimum absolute atomic E-state index is 0.229. The van der Waals surface area contributed by atoms with E-state index in [0.717, 1.165) is 4.90 Å². The van der Waals surface area contributed by atoms with Crippen molar-refractivity contribution < 1.29 is 14.7 Å². The highest BCUT2D eigenvalue weighted by Gasteiger charge is 2.36. The lowest BCUT2D eigenvalue weighted by molar-refractivity contribution is -0.147.